The molecule has 20 heavy (non-hydrogen) atoms. The van der Waals surface area contributed by atoms with Crippen LogP contribution in [-0.4, -0.2) is 30.6 Å². The van der Waals surface area contributed by atoms with Gasteiger partial charge in [-0.25, -0.2) is 4.39 Å². The first-order chi connectivity index (χ1) is 9.76. The minimum atomic E-state index is -0.0929. The van der Waals surface area contributed by atoms with Crippen LogP contribution in [-0.2, 0) is 0 Å². The minimum Gasteiger partial charge on any atom is -0.309 e. The number of unbranched alkanes of at least 4 members (excludes halogenated alkanes) is 1. The lowest BCUT2D eigenvalue weighted by Gasteiger charge is -2.28. The fourth-order valence-corrected chi connectivity index (χ4v) is 2.74. The molecule has 1 aromatic carbocycles. The van der Waals surface area contributed by atoms with Gasteiger partial charge in [-0.05, 0) is 38.4 Å². The van der Waals surface area contributed by atoms with Gasteiger partial charge in [-0.15, -0.1) is 0 Å². The Bertz CT molecular complexity index is 404. The molecule has 0 bridgehead atoms. The van der Waals surface area contributed by atoms with Gasteiger partial charge in [0.25, 0.3) is 0 Å². The predicted molar refractivity (Wildman–Crippen MR) is 82.3 cm³/mol. The predicted octanol–water partition coefficient (Wildman–Crippen LogP) is 3.74. The third-order valence-electron chi connectivity index (χ3n) is 4.01. The Morgan fingerprint density at radius 2 is 2.05 bits per heavy atom. The minimum absolute atomic E-state index is 0.0929. The first-order valence-corrected chi connectivity index (χ1v) is 7.98. The fourth-order valence-electron chi connectivity index (χ4n) is 2.74. The van der Waals surface area contributed by atoms with E-state index in [1.165, 1.54) is 25.7 Å². The molecular formula is C17H27FN2. The number of rotatable bonds is 9. The molecule has 1 N–H and O–H groups in total. The Morgan fingerprint density at radius 1 is 1.30 bits per heavy atom. The van der Waals surface area contributed by atoms with Crippen LogP contribution in [0.4, 0.5) is 4.39 Å². The van der Waals surface area contributed by atoms with Crippen molar-refractivity contribution in [2.75, 3.05) is 19.6 Å². The molecule has 0 spiro atoms. The molecular weight excluding hydrogens is 251 g/mol. The van der Waals surface area contributed by atoms with E-state index in [1.807, 2.05) is 12.1 Å². The molecule has 112 valence electrons. The summed E-state index contributed by atoms with van der Waals surface area (Å²) in [5, 5.41) is 3.45. The second kappa shape index (κ2) is 7.75. The Labute approximate surface area is 122 Å². The maximum atomic E-state index is 14.0. The fraction of sp³-hybridized carbons (Fsp3) is 0.647. The van der Waals surface area contributed by atoms with Crippen LogP contribution in [0.1, 0.15) is 51.1 Å². The third kappa shape index (κ3) is 4.29. The van der Waals surface area contributed by atoms with Crippen LogP contribution in [0.3, 0.4) is 0 Å². The molecule has 1 saturated carbocycles. The second-order valence-electron chi connectivity index (χ2n) is 5.71. The Hall–Kier alpha value is -0.930. The molecule has 0 aliphatic heterocycles. The lowest BCUT2D eigenvalue weighted by Crippen LogP contribution is -2.37. The maximum Gasteiger partial charge on any atom is 0.128 e. The highest BCUT2D eigenvalue weighted by atomic mass is 19.1. The van der Waals surface area contributed by atoms with Gasteiger partial charge in [-0.1, -0.05) is 38.5 Å². The summed E-state index contributed by atoms with van der Waals surface area (Å²) in [5.74, 6) is -0.0929. The molecule has 2 nitrogen and oxygen atoms in total. The summed E-state index contributed by atoms with van der Waals surface area (Å²) in [6.45, 7) is 7.23. The smallest absolute Gasteiger partial charge is 0.128 e. The number of nitrogens with zero attached hydrogens (tertiary/aromatic N) is 1. The summed E-state index contributed by atoms with van der Waals surface area (Å²) in [6.07, 6.45) is 5.06. The van der Waals surface area contributed by atoms with Crippen LogP contribution in [0.5, 0.6) is 0 Å². The van der Waals surface area contributed by atoms with Crippen molar-refractivity contribution in [1.82, 2.24) is 10.2 Å². The lowest BCUT2D eigenvalue weighted by atomic mass is 10.1. The van der Waals surface area contributed by atoms with Gasteiger partial charge in [0.2, 0.25) is 0 Å². The lowest BCUT2D eigenvalue weighted by molar-refractivity contribution is 0.228. The van der Waals surface area contributed by atoms with Gasteiger partial charge in [0.05, 0.1) is 0 Å². The second-order valence-corrected chi connectivity index (χ2v) is 5.71. The van der Waals surface area contributed by atoms with Crippen molar-refractivity contribution in [3.63, 3.8) is 0 Å². The molecule has 1 unspecified atom stereocenters. The van der Waals surface area contributed by atoms with Crippen molar-refractivity contribution in [2.45, 2.75) is 51.6 Å². The highest BCUT2D eigenvalue weighted by molar-refractivity contribution is 5.21. The zero-order valence-corrected chi connectivity index (χ0v) is 12.7. The summed E-state index contributed by atoms with van der Waals surface area (Å²) in [6, 6.07) is 7.99. The highest BCUT2D eigenvalue weighted by Crippen LogP contribution is 2.29. The van der Waals surface area contributed by atoms with Crippen LogP contribution in [0, 0.1) is 5.82 Å². The van der Waals surface area contributed by atoms with E-state index in [9.17, 15) is 4.39 Å². The molecule has 0 aromatic heterocycles. The average molecular weight is 278 g/mol. The largest absolute Gasteiger partial charge is 0.309 e. The Kier molecular flexibility index (Phi) is 5.99. The van der Waals surface area contributed by atoms with Crippen LogP contribution < -0.4 is 5.32 Å². The van der Waals surface area contributed by atoms with Crippen molar-refractivity contribution in [3.05, 3.63) is 35.6 Å². The van der Waals surface area contributed by atoms with Gasteiger partial charge in [0.1, 0.15) is 5.82 Å². The van der Waals surface area contributed by atoms with Gasteiger partial charge in [-0.2, -0.15) is 0 Å². The molecule has 0 heterocycles. The first-order valence-electron chi connectivity index (χ1n) is 7.98. The molecule has 3 heteroatoms. The zero-order valence-electron chi connectivity index (χ0n) is 12.7. The third-order valence-corrected chi connectivity index (χ3v) is 4.01. The van der Waals surface area contributed by atoms with Gasteiger partial charge in [-0.3, -0.25) is 4.90 Å². The summed E-state index contributed by atoms with van der Waals surface area (Å²) >= 11 is 0. The van der Waals surface area contributed by atoms with E-state index >= 15 is 0 Å². The SMILES string of the molecule is CCCCN(CC(NCC)c1ccccc1F)C1CC1. The van der Waals surface area contributed by atoms with E-state index in [2.05, 4.69) is 24.1 Å². The molecule has 0 amide bonds. The number of hydrogen-bond donors (Lipinski definition) is 1. The number of hydrogen-bond acceptors (Lipinski definition) is 2. The molecule has 1 atom stereocenters. The van der Waals surface area contributed by atoms with Crippen molar-refractivity contribution in [3.8, 4) is 0 Å². The van der Waals surface area contributed by atoms with Gasteiger partial charge in [0, 0.05) is 24.2 Å². The molecule has 0 saturated heterocycles. The topological polar surface area (TPSA) is 15.3 Å². The normalized spacial score (nSPS) is 16.6. The van der Waals surface area contributed by atoms with E-state index in [0.717, 1.165) is 31.2 Å². The highest BCUT2D eigenvalue weighted by Gasteiger charge is 2.30. The maximum absolute atomic E-state index is 14.0. The first kappa shape index (κ1) is 15.5. The van der Waals surface area contributed by atoms with E-state index in [0.29, 0.717) is 0 Å². The van der Waals surface area contributed by atoms with Crippen molar-refractivity contribution < 1.29 is 4.39 Å². The van der Waals surface area contributed by atoms with Crippen molar-refractivity contribution in [2.24, 2.45) is 0 Å². The van der Waals surface area contributed by atoms with Crippen LogP contribution >= 0.6 is 0 Å². The van der Waals surface area contributed by atoms with E-state index < -0.39 is 0 Å². The van der Waals surface area contributed by atoms with Crippen LogP contribution in [0.2, 0.25) is 0 Å². The Morgan fingerprint density at radius 3 is 2.65 bits per heavy atom. The number of benzene rings is 1. The molecule has 1 aliphatic carbocycles. The molecule has 1 fully saturated rings. The average Bonchev–Trinajstić information content (AvgIpc) is 3.27. The van der Waals surface area contributed by atoms with Crippen molar-refractivity contribution >= 4 is 0 Å². The monoisotopic (exact) mass is 278 g/mol. The molecule has 1 aromatic rings. The van der Waals surface area contributed by atoms with Gasteiger partial charge < -0.3 is 5.32 Å². The molecule has 1 aliphatic rings. The van der Waals surface area contributed by atoms with Crippen LogP contribution in [0.15, 0.2) is 24.3 Å². The van der Waals surface area contributed by atoms with Crippen LogP contribution in [0.25, 0.3) is 0 Å². The van der Waals surface area contributed by atoms with E-state index in [1.54, 1.807) is 12.1 Å². The summed E-state index contributed by atoms with van der Waals surface area (Å²) < 4.78 is 14.0. The number of halogens is 1. The number of likely N-dealkylation sites (N-methyl/N-ethyl adjacent to an activating group) is 1. The quantitative estimate of drug-likeness (QED) is 0.740. The van der Waals surface area contributed by atoms with E-state index in [-0.39, 0.29) is 11.9 Å². The standard InChI is InChI=1S/C17H27FN2/c1-3-5-12-20(14-10-11-14)13-17(19-4-2)15-8-6-7-9-16(15)18/h6-9,14,17,19H,3-5,10-13H2,1-2H3. The van der Waals surface area contributed by atoms with Gasteiger partial charge in [0.15, 0.2) is 0 Å². The summed E-state index contributed by atoms with van der Waals surface area (Å²) in [4.78, 5) is 2.54. The number of nitrogens with one attached hydrogen (secondary N) is 1. The molecule has 0 radical (unpaired) electrons. The Balaban J connectivity index is 2.05. The van der Waals surface area contributed by atoms with Crippen molar-refractivity contribution in [1.29, 1.82) is 0 Å². The summed E-state index contributed by atoms with van der Waals surface area (Å²) in [7, 11) is 0. The van der Waals surface area contributed by atoms with Gasteiger partial charge >= 0.3 is 0 Å². The summed E-state index contributed by atoms with van der Waals surface area (Å²) in [5.41, 5.74) is 0.802. The van der Waals surface area contributed by atoms with E-state index in [4.69, 9.17) is 0 Å². The zero-order chi connectivity index (χ0) is 14.4. The molecule has 2 rings (SSSR count).